The van der Waals surface area contributed by atoms with E-state index in [0.717, 1.165) is 47.5 Å². The van der Waals surface area contributed by atoms with Gasteiger partial charge in [0.2, 0.25) is 0 Å². The quantitative estimate of drug-likeness (QED) is 0.653. The van der Waals surface area contributed by atoms with Gasteiger partial charge in [0.1, 0.15) is 5.82 Å². The lowest BCUT2D eigenvalue weighted by Crippen LogP contribution is -2.39. The Bertz CT molecular complexity index is 1040. The second-order valence-corrected chi connectivity index (χ2v) is 7.71. The molecule has 0 bridgehead atoms. The number of benzene rings is 2. The number of rotatable bonds is 1. The van der Waals surface area contributed by atoms with Crippen LogP contribution in [0.5, 0.6) is 0 Å². The standard InChI is InChI=1S/C23H22N2O/c1-25-21(16-9-3-2-4-10-16)24-20-18-12-6-5-11-17(18)15-23(13-7-8-14-23)19(20)22(25)26/h2-6,9-12H,7-8,13-15H2,1H3. The first-order valence-corrected chi connectivity index (χ1v) is 9.45. The van der Waals surface area contributed by atoms with Crippen molar-refractivity contribution in [3.63, 3.8) is 0 Å². The van der Waals surface area contributed by atoms with Crippen LogP contribution in [0.4, 0.5) is 0 Å². The van der Waals surface area contributed by atoms with Gasteiger partial charge in [0, 0.05) is 23.6 Å². The molecule has 3 aromatic rings. The third kappa shape index (κ3) is 2.13. The minimum Gasteiger partial charge on any atom is -0.296 e. The molecule has 2 aliphatic carbocycles. The molecule has 3 heteroatoms. The SMILES string of the molecule is Cn1c(-c2ccccc2)nc2c(c1=O)C1(CCCC1)Cc1ccccc1-2. The van der Waals surface area contributed by atoms with Gasteiger partial charge in [-0.3, -0.25) is 9.36 Å². The van der Waals surface area contributed by atoms with E-state index in [1.807, 2.05) is 37.4 Å². The molecule has 0 saturated heterocycles. The fraction of sp³-hybridized carbons (Fsp3) is 0.304. The summed E-state index contributed by atoms with van der Waals surface area (Å²) in [6, 6.07) is 18.5. The second-order valence-electron chi connectivity index (χ2n) is 7.71. The third-order valence-corrected chi connectivity index (χ3v) is 6.22. The van der Waals surface area contributed by atoms with Gasteiger partial charge in [-0.1, -0.05) is 67.4 Å². The first kappa shape index (κ1) is 15.6. The summed E-state index contributed by atoms with van der Waals surface area (Å²) in [5, 5.41) is 0. The lowest BCUT2D eigenvalue weighted by atomic mass is 9.68. The van der Waals surface area contributed by atoms with Gasteiger partial charge >= 0.3 is 0 Å². The predicted molar refractivity (Wildman–Crippen MR) is 104 cm³/mol. The number of aromatic nitrogens is 2. The lowest BCUT2D eigenvalue weighted by molar-refractivity contribution is 0.423. The van der Waals surface area contributed by atoms with E-state index in [2.05, 4.69) is 24.3 Å². The van der Waals surface area contributed by atoms with Crippen LogP contribution in [0, 0.1) is 0 Å². The van der Waals surface area contributed by atoms with Crippen molar-refractivity contribution in [1.29, 1.82) is 0 Å². The summed E-state index contributed by atoms with van der Waals surface area (Å²) in [6.07, 6.45) is 5.56. The van der Waals surface area contributed by atoms with Crippen LogP contribution in [0.1, 0.15) is 36.8 Å². The summed E-state index contributed by atoms with van der Waals surface area (Å²) in [6.45, 7) is 0. The van der Waals surface area contributed by atoms with E-state index in [0.29, 0.717) is 0 Å². The molecule has 1 spiro atoms. The van der Waals surface area contributed by atoms with Gasteiger partial charge in [-0.15, -0.1) is 0 Å². The fourth-order valence-corrected chi connectivity index (χ4v) is 4.96. The van der Waals surface area contributed by atoms with Crippen molar-refractivity contribution in [2.24, 2.45) is 7.05 Å². The Hall–Kier alpha value is -2.68. The van der Waals surface area contributed by atoms with Crippen LogP contribution in [0.15, 0.2) is 59.4 Å². The molecule has 1 fully saturated rings. The van der Waals surface area contributed by atoms with Gasteiger partial charge < -0.3 is 0 Å². The molecular formula is C23H22N2O. The highest BCUT2D eigenvalue weighted by molar-refractivity contribution is 5.73. The zero-order chi connectivity index (χ0) is 17.7. The van der Waals surface area contributed by atoms with E-state index >= 15 is 0 Å². The van der Waals surface area contributed by atoms with Crippen molar-refractivity contribution >= 4 is 0 Å². The minimum absolute atomic E-state index is 0.0270. The molecule has 2 aromatic carbocycles. The van der Waals surface area contributed by atoms with E-state index in [1.165, 1.54) is 18.4 Å². The van der Waals surface area contributed by atoms with Gasteiger partial charge in [-0.2, -0.15) is 0 Å². The highest BCUT2D eigenvalue weighted by atomic mass is 16.1. The van der Waals surface area contributed by atoms with Crippen LogP contribution in [-0.4, -0.2) is 9.55 Å². The number of hydrogen-bond acceptors (Lipinski definition) is 2. The van der Waals surface area contributed by atoms with E-state index < -0.39 is 0 Å². The van der Waals surface area contributed by atoms with Crippen molar-refractivity contribution in [3.8, 4) is 22.6 Å². The zero-order valence-electron chi connectivity index (χ0n) is 15.0. The smallest absolute Gasteiger partial charge is 0.257 e. The molecule has 0 amide bonds. The lowest BCUT2D eigenvalue weighted by Gasteiger charge is -2.36. The van der Waals surface area contributed by atoms with E-state index in [4.69, 9.17) is 4.98 Å². The Labute approximate surface area is 153 Å². The van der Waals surface area contributed by atoms with Crippen LogP contribution in [0.3, 0.4) is 0 Å². The third-order valence-electron chi connectivity index (χ3n) is 6.22. The molecule has 5 rings (SSSR count). The Morgan fingerprint density at radius 3 is 2.42 bits per heavy atom. The highest BCUT2D eigenvalue weighted by Gasteiger charge is 2.44. The summed E-state index contributed by atoms with van der Waals surface area (Å²) in [4.78, 5) is 18.6. The molecule has 26 heavy (non-hydrogen) atoms. The van der Waals surface area contributed by atoms with Crippen LogP contribution < -0.4 is 5.56 Å². The van der Waals surface area contributed by atoms with Gasteiger partial charge in [0.25, 0.3) is 5.56 Å². The average molecular weight is 342 g/mol. The van der Waals surface area contributed by atoms with Gasteiger partial charge in [-0.05, 0) is 24.8 Å². The van der Waals surface area contributed by atoms with Gasteiger partial charge in [0.05, 0.1) is 11.3 Å². The molecule has 3 nitrogen and oxygen atoms in total. The maximum absolute atomic E-state index is 13.5. The van der Waals surface area contributed by atoms with Crippen molar-refractivity contribution in [2.45, 2.75) is 37.5 Å². The summed E-state index contributed by atoms with van der Waals surface area (Å²) in [7, 11) is 1.86. The van der Waals surface area contributed by atoms with Crippen LogP contribution >= 0.6 is 0 Å². The summed E-state index contributed by atoms with van der Waals surface area (Å²) >= 11 is 0. The highest BCUT2D eigenvalue weighted by Crippen LogP contribution is 2.49. The molecule has 1 heterocycles. The van der Waals surface area contributed by atoms with Crippen LogP contribution in [-0.2, 0) is 18.9 Å². The normalized spacial score (nSPS) is 17.1. The summed E-state index contributed by atoms with van der Waals surface area (Å²) in [5.41, 5.74) is 5.42. The topological polar surface area (TPSA) is 34.9 Å². The first-order chi connectivity index (χ1) is 12.7. The van der Waals surface area contributed by atoms with E-state index in [9.17, 15) is 4.79 Å². The first-order valence-electron chi connectivity index (χ1n) is 9.45. The maximum atomic E-state index is 13.5. The van der Waals surface area contributed by atoms with Crippen molar-refractivity contribution in [2.75, 3.05) is 0 Å². The van der Waals surface area contributed by atoms with Gasteiger partial charge in [0.15, 0.2) is 0 Å². The number of nitrogens with zero attached hydrogens (tertiary/aromatic N) is 2. The maximum Gasteiger partial charge on any atom is 0.257 e. The molecule has 1 aromatic heterocycles. The fourth-order valence-electron chi connectivity index (χ4n) is 4.96. The second kappa shape index (κ2) is 5.66. The summed E-state index contributed by atoms with van der Waals surface area (Å²) in [5.74, 6) is 0.749. The van der Waals surface area contributed by atoms with Crippen molar-refractivity contribution in [1.82, 2.24) is 9.55 Å². The Balaban J connectivity index is 1.85. The van der Waals surface area contributed by atoms with Crippen molar-refractivity contribution in [3.05, 3.63) is 76.1 Å². The summed E-state index contributed by atoms with van der Waals surface area (Å²) < 4.78 is 1.75. The molecule has 0 atom stereocenters. The Morgan fingerprint density at radius 2 is 1.65 bits per heavy atom. The molecule has 130 valence electrons. The molecule has 2 aliphatic rings. The zero-order valence-corrected chi connectivity index (χ0v) is 15.0. The minimum atomic E-state index is -0.0270. The molecular weight excluding hydrogens is 320 g/mol. The molecule has 0 radical (unpaired) electrons. The monoisotopic (exact) mass is 342 g/mol. The van der Waals surface area contributed by atoms with Crippen LogP contribution in [0.2, 0.25) is 0 Å². The Morgan fingerprint density at radius 1 is 0.962 bits per heavy atom. The van der Waals surface area contributed by atoms with Gasteiger partial charge in [-0.25, -0.2) is 4.98 Å². The molecule has 0 unspecified atom stereocenters. The van der Waals surface area contributed by atoms with Crippen LogP contribution in [0.25, 0.3) is 22.6 Å². The molecule has 0 aliphatic heterocycles. The van der Waals surface area contributed by atoms with E-state index in [-0.39, 0.29) is 11.0 Å². The molecule has 1 saturated carbocycles. The number of fused-ring (bicyclic) bond motifs is 4. The average Bonchev–Trinajstić information content (AvgIpc) is 3.13. The molecule has 0 N–H and O–H groups in total. The van der Waals surface area contributed by atoms with Crippen molar-refractivity contribution < 1.29 is 0 Å². The Kier molecular flexibility index (Phi) is 3.39. The predicted octanol–water partition coefficient (Wildman–Crippen LogP) is 4.48. The number of hydrogen-bond donors (Lipinski definition) is 0. The van der Waals surface area contributed by atoms with E-state index in [1.54, 1.807) is 4.57 Å². The largest absolute Gasteiger partial charge is 0.296 e.